The first-order valence-corrected chi connectivity index (χ1v) is 6.96. The summed E-state index contributed by atoms with van der Waals surface area (Å²) in [4.78, 5) is 25.3. The number of carbonyl (C=O) groups is 2. The molecule has 0 atom stereocenters. The van der Waals surface area contributed by atoms with Crippen LogP contribution in [0.3, 0.4) is 0 Å². The molecule has 0 aliphatic carbocycles. The van der Waals surface area contributed by atoms with E-state index in [-0.39, 0.29) is 23.8 Å². The van der Waals surface area contributed by atoms with Crippen LogP contribution in [0.25, 0.3) is 0 Å². The zero-order valence-corrected chi connectivity index (χ0v) is 13.4. The van der Waals surface area contributed by atoms with Crippen molar-refractivity contribution in [1.29, 1.82) is 0 Å². The summed E-state index contributed by atoms with van der Waals surface area (Å²) in [5.41, 5.74) is 0.402. The second kappa shape index (κ2) is 7.11. The maximum Gasteiger partial charge on any atom is 0.223 e. The van der Waals surface area contributed by atoms with Gasteiger partial charge in [0, 0.05) is 25.4 Å². The molecule has 0 heterocycles. The summed E-state index contributed by atoms with van der Waals surface area (Å²) >= 11 is 0. The van der Waals surface area contributed by atoms with Gasteiger partial charge < -0.3 is 15.0 Å². The molecule has 0 saturated carbocycles. The minimum absolute atomic E-state index is 0.0800. The lowest BCUT2D eigenvalue weighted by molar-refractivity contribution is -0.122. The molecule has 2 amide bonds. The van der Waals surface area contributed by atoms with Gasteiger partial charge in [0.1, 0.15) is 5.75 Å². The van der Waals surface area contributed by atoms with Crippen molar-refractivity contribution in [2.24, 2.45) is 0 Å². The van der Waals surface area contributed by atoms with Crippen molar-refractivity contribution in [2.45, 2.75) is 39.7 Å². The molecule has 1 N–H and O–H groups in total. The Balaban J connectivity index is 2.80. The Morgan fingerprint density at radius 2 is 1.86 bits per heavy atom. The molecule has 0 aromatic heterocycles. The van der Waals surface area contributed by atoms with Gasteiger partial charge in [0.05, 0.1) is 12.8 Å². The molecule has 0 saturated heterocycles. The first-order chi connectivity index (χ1) is 9.74. The fraction of sp³-hybridized carbons (Fsp3) is 0.500. The van der Waals surface area contributed by atoms with Crippen LogP contribution in [0.5, 0.6) is 5.75 Å². The molecule has 0 aliphatic heterocycles. The van der Waals surface area contributed by atoms with Crippen LogP contribution in [-0.2, 0) is 9.59 Å². The van der Waals surface area contributed by atoms with E-state index in [1.807, 2.05) is 39.0 Å². The van der Waals surface area contributed by atoms with Gasteiger partial charge in [-0.1, -0.05) is 12.1 Å². The molecule has 1 rings (SSSR count). The zero-order chi connectivity index (χ0) is 16.0. The van der Waals surface area contributed by atoms with Crippen molar-refractivity contribution in [3.8, 4) is 5.75 Å². The number of methoxy groups -OCH3 is 1. The summed E-state index contributed by atoms with van der Waals surface area (Å²) in [6.45, 7) is 7.57. The van der Waals surface area contributed by atoms with E-state index in [4.69, 9.17) is 4.74 Å². The Labute approximate surface area is 126 Å². The van der Waals surface area contributed by atoms with Gasteiger partial charge in [-0.25, -0.2) is 0 Å². The van der Waals surface area contributed by atoms with E-state index in [9.17, 15) is 9.59 Å². The van der Waals surface area contributed by atoms with Crippen LogP contribution in [0, 0.1) is 0 Å². The average Bonchev–Trinajstić information content (AvgIpc) is 2.37. The van der Waals surface area contributed by atoms with Crippen molar-refractivity contribution in [3.05, 3.63) is 24.3 Å². The number of amides is 2. The molecule has 0 bridgehead atoms. The van der Waals surface area contributed by atoms with Gasteiger partial charge in [0.2, 0.25) is 11.8 Å². The number of para-hydroxylation sites is 2. The topological polar surface area (TPSA) is 58.6 Å². The van der Waals surface area contributed by atoms with Gasteiger partial charge in [0.25, 0.3) is 0 Å². The van der Waals surface area contributed by atoms with Crippen molar-refractivity contribution < 1.29 is 14.3 Å². The van der Waals surface area contributed by atoms with Gasteiger partial charge in [0.15, 0.2) is 0 Å². The molecule has 21 heavy (non-hydrogen) atoms. The molecule has 0 aliphatic rings. The minimum Gasteiger partial charge on any atom is -0.495 e. The van der Waals surface area contributed by atoms with E-state index in [2.05, 4.69) is 5.32 Å². The second-order valence-electron chi connectivity index (χ2n) is 5.89. The first kappa shape index (κ1) is 17.0. The Bertz CT molecular complexity index is 506. The Hall–Kier alpha value is -2.04. The standard InChI is InChI=1S/C16H24N2O3/c1-12(19)18(11-10-15(20)17-16(2,3)4)13-8-6-7-9-14(13)21-5/h6-9H,10-11H2,1-5H3,(H,17,20). The molecular formula is C16H24N2O3. The Kier molecular flexibility index (Phi) is 5.76. The zero-order valence-electron chi connectivity index (χ0n) is 13.4. The summed E-state index contributed by atoms with van der Waals surface area (Å²) < 4.78 is 5.27. The van der Waals surface area contributed by atoms with E-state index in [0.29, 0.717) is 18.0 Å². The number of anilines is 1. The quantitative estimate of drug-likeness (QED) is 0.906. The maximum absolute atomic E-state index is 11.9. The summed E-state index contributed by atoms with van der Waals surface area (Å²) in [6, 6.07) is 7.28. The van der Waals surface area contributed by atoms with Gasteiger partial charge in [-0.05, 0) is 32.9 Å². The third-order valence-corrected chi connectivity index (χ3v) is 2.83. The second-order valence-corrected chi connectivity index (χ2v) is 5.89. The molecule has 1 aromatic rings. The molecule has 0 spiro atoms. The number of hydrogen-bond acceptors (Lipinski definition) is 3. The van der Waals surface area contributed by atoms with Gasteiger partial charge in [-0.3, -0.25) is 9.59 Å². The van der Waals surface area contributed by atoms with Gasteiger partial charge >= 0.3 is 0 Å². The third-order valence-electron chi connectivity index (χ3n) is 2.83. The highest BCUT2D eigenvalue weighted by atomic mass is 16.5. The normalized spacial score (nSPS) is 10.9. The van der Waals surface area contributed by atoms with Crippen molar-refractivity contribution in [2.75, 3.05) is 18.6 Å². The smallest absolute Gasteiger partial charge is 0.223 e. The lowest BCUT2D eigenvalue weighted by Gasteiger charge is -2.25. The Morgan fingerprint density at radius 3 is 2.38 bits per heavy atom. The number of ether oxygens (including phenoxy) is 1. The van der Waals surface area contributed by atoms with Crippen LogP contribution in [-0.4, -0.2) is 31.0 Å². The van der Waals surface area contributed by atoms with Gasteiger partial charge in [-0.2, -0.15) is 0 Å². The molecule has 0 fully saturated rings. The Morgan fingerprint density at radius 1 is 1.24 bits per heavy atom. The minimum atomic E-state index is -0.275. The molecule has 5 heteroatoms. The third kappa shape index (κ3) is 5.45. The summed E-state index contributed by atoms with van der Waals surface area (Å²) in [7, 11) is 1.56. The van der Waals surface area contributed by atoms with Crippen LogP contribution in [0.4, 0.5) is 5.69 Å². The highest BCUT2D eigenvalue weighted by Gasteiger charge is 2.19. The van der Waals surface area contributed by atoms with E-state index < -0.39 is 0 Å². The number of carbonyl (C=O) groups excluding carboxylic acids is 2. The van der Waals surface area contributed by atoms with Crippen LogP contribution >= 0.6 is 0 Å². The summed E-state index contributed by atoms with van der Waals surface area (Å²) in [5, 5.41) is 2.89. The lowest BCUT2D eigenvalue weighted by Crippen LogP contribution is -2.42. The van der Waals surface area contributed by atoms with Crippen molar-refractivity contribution >= 4 is 17.5 Å². The van der Waals surface area contributed by atoms with E-state index in [1.54, 1.807) is 18.1 Å². The van der Waals surface area contributed by atoms with Crippen LogP contribution < -0.4 is 15.0 Å². The fourth-order valence-corrected chi connectivity index (χ4v) is 1.99. The summed E-state index contributed by atoms with van der Waals surface area (Å²) in [6.07, 6.45) is 0.245. The maximum atomic E-state index is 11.9. The fourth-order valence-electron chi connectivity index (χ4n) is 1.99. The van der Waals surface area contributed by atoms with E-state index in [0.717, 1.165) is 0 Å². The molecule has 0 unspecified atom stereocenters. The summed E-state index contributed by atoms with van der Waals surface area (Å²) in [5.74, 6) is 0.413. The molecule has 116 valence electrons. The predicted octanol–water partition coefficient (Wildman–Crippen LogP) is 2.35. The molecular weight excluding hydrogens is 268 g/mol. The number of rotatable bonds is 5. The number of nitrogens with zero attached hydrogens (tertiary/aromatic N) is 1. The highest BCUT2D eigenvalue weighted by molar-refractivity contribution is 5.93. The number of hydrogen-bond donors (Lipinski definition) is 1. The number of nitrogens with one attached hydrogen (secondary N) is 1. The predicted molar refractivity (Wildman–Crippen MR) is 83.5 cm³/mol. The molecule has 5 nitrogen and oxygen atoms in total. The lowest BCUT2D eigenvalue weighted by atomic mass is 10.1. The SMILES string of the molecule is COc1ccccc1N(CCC(=O)NC(C)(C)C)C(C)=O. The van der Waals surface area contributed by atoms with Crippen molar-refractivity contribution in [3.63, 3.8) is 0 Å². The van der Waals surface area contributed by atoms with E-state index >= 15 is 0 Å². The van der Waals surface area contributed by atoms with Gasteiger partial charge in [-0.15, -0.1) is 0 Å². The van der Waals surface area contributed by atoms with Crippen LogP contribution in [0.2, 0.25) is 0 Å². The highest BCUT2D eigenvalue weighted by Crippen LogP contribution is 2.27. The van der Waals surface area contributed by atoms with Crippen LogP contribution in [0.15, 0.2) is 24.3 Å². The molecule has 0 radical (unpaired) electrons. The van der Waals surface area contributed by atoms with Crippen LogP contribution in [0.1, 0.15) is 34.1 Å². The molecule has 1 aromatic carbocycles. The average molecular weight is 292 g/mol. The van der Waals surface area contributed by atoms with E-state index in [1.165, 1.54) is 6.92 Å². The number of benzene rings is 1. The van der Waals surface area contributed by atoms with Crippen molar-refractivity contribution in [1.82, 2.24) is 5.32 Å². The first-order valence-electron chi connectivity index (χ1n) is 6.96. The largest absolute Gasteiger partial charge is 0.495 e. The monoisotopic (exact) mass is 292 g/mol.